The van der Waals surface area contributed by atoms with E-state index >= 15 is 0 Å². The molecule has 1 saturated heterocycles. The predicted octanol–water partition coefficient (Wildman–Crippen LogP) is 2.40. The van der Waals surface area contributed by atoms with Gasteiger partial charge in [-0.3, -0.25) is 4.79 Å². The summed E-state index contributed by atoms with van der Waals surface area (Å²) in [6.07, 6.45) is 3.92. The largest absolute Gasteiger partial charge is 0.343 e. The molecule has 0 saturated carbocycles. The van der Waals surface area contributed by atoms with Crippen LogP contribution in [0.25, 0.3) is 0 Å². The summed E-state index contributed by atoms with van der Waals surface area (Å²) in [6, 6.07) is 7.94. The lowest BCUT2D eigenvalue weighted by atomic mass is 10.0. The molecule has 1 heterocycles. The summed E-state index contributed by atoms with van der Waals surface area (Å²) in [5, 5.41) is 0. The van der Waals surface area contributed by atoms with Gasteiger partial charge in [-0.2, -0.15) is 0 Å². The fourth-order valence-electron chi connectivity index (χ4n) is 2.39. The quantitative estimate of drug-likeness (QED) is 0.890. The Labute approximate surface area is 109 Å². The smallest absolute Gasteiger partial charge is 0.224 e. The van der Waals surface area contributed by atoms with Crippen molar-refractivity contribution in [1.29, 1.82) is 0 Å². The lowest BCUT2D eigenvalue weighted by Gasteiger charge is -2.27. The van der Waals surface area contributed by atoms with Crippen LogP contribution >= 0.6 is 0 Å². The number of nitrogens with two attached hydrogens (primary N) is 1. The number of benzene rings is 1. The Kier molecular flexibility index (Phi) is 4.37. The van der Waals surface area contributed by atoms with E-state index < -0.39 is 0 Å². The van der Waals surface area contributed by atoms with Crippen molar-refractivity contribution in [1.82, 2.24) is 4.90 Å². The molecule has 0 bridgehead atoms. The molecule has 0 aromatic heterocycles. The monoisotopic (exact) mass is 246 g/mol. The van der Waals surface area contributed by atoms with Gasteiger partial charge in [-0.05, 0) is 31.7 Å². The molecule has 1 atom stereocenters. The van der Waals surface area contributed by atoms with Crippen LogP contribution < -0.4 is 5.73 Å². The number of carbonyl (C=O) groups is 1. The van der Waals surface area contributed by atoms with Gasteiger partial charge in [-0.1, -0.05) is 29.8 Å². The van der Waals surface area contributed by atoms with Gasteiger partial charge in [-0.15, -0.1) is 0 Å². The van der Waals surface area contributed by atoms with Crippen LogP contribution in [0.5, 0.6) is 0 Å². The highest BCUT2D eigenvalue weighted by molar-refractivity contribution is 5.77. The summed E-state index contributed by atoms with van der Waals surface area (Å²) in [5.41, 5.74) is 8.37. The van der Waals surface area contributed by atoms with E-state index in [-0.39, 0.29) is 11.9 Å². The first kappa shape index (κ1) is 13.1. The Balaban J connectivity index is 1.91. The van der Waals surface area contributed by atoms with Gasteiger partial charge in [0.05, 0.1) is 0 Å². The van der Waals surface area contributed by atoms with E-state index in [4.69, 9.17) is 5.73 Å². The van der Waals surface area contributed by atoms with Gasteiger partial charge in [0, 0.05) is 25.6 Å². The third kappa shape index (κ3) is 3.33. The number of rotatable bonds is 3. The minimum atomic E-state index is -0.181. The van der Waals surface area contributed by atoms with Crippen molar-refractivity contribution in [3.05, 3.63) is 35.4 Å². The van der Waals surface area contributed by atoms with E-state index in [0.29, 0.717) is 6.42 Å². The number of carbonyl (C=O) groups excluding carboxylic acids is 1. The van der Waals surface area contributed by atoms with Crippen molar-refractivity contribution in [2.24, 2.45) is 5.73 Å². The van der Waals surface area contributed by atoms with Crippen molar-refractivity contribution >= 4 is 5.91 Å². The number of amides is 1. The molecule has 1 aromatic rings. The zero-order valence-corrected chi connectivity index (χ0v) is 11.1. The van der Waals surface area contributed by atoms with Gasteiger partial charge in [-0.25, -0.2) is 0 Å². The van der Waals surface area contributed by atoms with Crippen molar-refractivity contribution in [2.75, 3.05) is 13.1 Å². The third-order valence-corrected chi connectivity index (χ3v) is 3.61. The molecule has 1 unspecified atom stereocenters. The molecule has 18 heavy (non-hydrogen) atoms. The fourth-order valence-corrected chi connectivity index (χ4v) is 2.39. The molecule has 0 radical (unpaired) electrons. The summed E-state index contributed by atoms with van der Waals surface area (Å²) in [7, 11) is 0. The van der Waals surface area contributed by atoms with Gasteiger partial charge in [0.25, 0.3) is 0 Å². The lowest BCUT2D eigenvalue weighted by molar-refractivity contribution is -0.132. The van der Waals surface area contributed by atoms with Gasteiger partial charge < -0.3 is 10.6 Å². The van der Waals surface area contributed by atoms with Gasteiger partial charge >= 0.3 is 0 Å². The van der Waals surface area contributed by atoms with Crippen LogP contribution in [0.4, 0.5) is 0 Å². The lowest BCUT2D eigenvalue weighted by Crippen LogP contribution is -2.37. The first-order valence-electron chi connectivity index (χ1n) is 6.77. The van der Waals surface area contributed by atoms with Gasteiger partial charge in [0.2, 0.25) is 5.91 Å². The Bertz CT molecular complexity index is 393. The summed E-state index contributed by atoms with van der Waals surface area (Å²) in [6.45, 7) is 3.85. The van der Waals surface area contributed by atoms with Crippen LogP contribution in [0.15, 0.2) is 24.3 Å². The molecule has 98 valence electrons. The Morgan fingerprint density at radius 1 is 1.22 bits per heavy atom. The number of hydrogen-bond donors (Lipinski definition) is 1. The molecule has 2 rings (SSSR count). The fraction of sp³-hybridized carbons (Fsp3) is 0.533. The van der Waals surface area contributed by atoms with Crippen LogP contribution in [0, 0.1) is 6.92 Å². The minimum Gasteiger partial charge on any atom is -0.343 e. The minimum absolute atomic E-state index is 0.181. The molecule has 0 spiro atoms. The summed E-state index contributed by atoms with van der Waals surface area (Å²) < 4.78 is 0. The molecular formula is C15H22N2O. The average molecular weight is 246 g/mol. The maximum Gasteiger partial charge on any atom is 0.224 e. The van der Waals surface area contributed by atoms with E-state index in [1.165, 1.54) is 12.0 Å². The molecular weight excluding hydrogens is 224 g/mol. The number of likely N-dealkylation sites (tertiary alicyclic amines) is 1. The van der Waals surface area contributed by atoms with Crippen molar-refractivity contribution in [3.8, 4) is 0 Å². The number of piperidine rings is 1. The van der Waals surface area contributed by atoms with Crippen LogP contribution in [0.1, 0.15) is 42.9 Å². The highest BCUT2D eigenvalue weighted by Crippen LogP contribution is 2.18. The van der Waals surface area contributed by atoms with E-state index in [1.54, 1.807) is 0 Å². The molecule has 1 aliphatic heterocycles. The topological polar surface area (TPSA) is 46.3 Å². The second-order valence-corrected chi connectivity index (χ2v) is 5.16. The van der Waals surface area contributed by atoms with Crippen LogP contribution in [-0.4, -0.2) is 23.9 Å². The van der Waals surface area contributed by atoms with E-state index in [9.17, 15) is 4.79 Å². The maximum absolute atomic E-state index is 12.1. The predicted molar refractivity (Wildman–Crippen MR) is 73.2 cm³/mol. The zero-order valence-electron chi connectivity index (χ0n) is 11.1. The summed E-state index contributed by atoms with van der Waals surface area (Å²) >= 11 is 0. The number of hydrogen-bond acceptors (Lipinski definition) is 2. The standard InChI is InChI=1S/C15H22N2O/c1-12-5-7-13(8-6-12)14(16)11-15(18)17-9-3-2-4-10-17/h5-8,14H,2-4,9-11,16H2,1H3. The van der Waals surface area contributed by atoms with Crippen LogP contribution in [0.2, 0.25) is 0 Å². The first-order valence-corrected chi connectivity index (χ1v) is 6.77. The molecule has 1 aromatic carbocycles. The van der Waals surface area contributed by atoms with Crippen molar-refractivity contribution < 1.29 is 4.79 Å². The highest BCUT2D eigenvalue weighted by atomic mass is 16.2. The second-order valence-electron chi connectivity index (χ2n) is 5.16. The summed E-state index contributed by atoms with van der Waals surface area (Å²) in [4.78, 5) is 14.1. The molecule has 2 N–H and O–H groups in total. The molecule has 1 fully saturated rings. The molecule has 0 aliphatic carbocycles. The molecule has 3 nitrogen and oxygen atoms in total. The maximum atomic E-state index is 12.1. The Morgan fingerprint density at radius 2 is 1.83 bits per heavy atom. The molecule has 3 heteroatoms. The SMILES string of the molecule is Cc1ccc(C(N)CC(=O)N2CCCCC2)cc1. The Morgan fingerprint density at radius 3 is 2.44 bits per heavy atom. The Hall–Kier alpha value is -1.35. The van der Waals surface area contributed by atoms with Crippen LogP contribution in [-0.2, 0) is 4.79 Å². The molecule has 1 aliphatic rings. The number of aryl methyl sites for hydroxylation is 1. The first-order chi connectivity index (χ1) is 8.66. The average Bonchev–Trinajstić information content (AvgIpc) is 2.40. The number of nitrogens with zero attached hydrogens (tertiary/aromatic N) is 1. The zero-order chi connectivity index (χ0) is 13.0. The highest BCUT2D eigenvalue weighted by Gasteiger charge is 2.19. The third-order valence-electron chi connectivity index (χ3n) is 3.61. The van der Waals surface area contributed by atoms with Gasteiger partial charge in [0.1, 0.15) is 0 Å². The van der Waals surface area contributed by atoms with E-state index in [1.807, 2.05) is 36.1 Å². The van der Waals surface area contributed by atoms with Crippen LogP contribution in [0.3, 0.4) is 0 Å². The van der Waals surface area contributed by atoms with Crippen molar-refractivity contribution in [3.63, 3.8) is 0 Å². The van der Waals surface area contributed by atoms with E-state index in [0.717, 1.165) is 31.5 Å². The normalized spacial score (nSPS) is 17.6. The molecule has 1 amide bonds. The van der Waals surface area contributed by atoms with E-state index in [2.05, 4.69) is 0 Å². The van der Waals surface area contributed by atoms with Gasteiger partial charge in [0.15, 0.2) is 0 Å². The summed E-state index contributed by atoms with van der Waals surface area (Å²) in [5.74, 6) is 0.197. The second kappa shape index (κ2) is 6.01. The van der Waals surface area contributed by atoms with Crippen molar-refractivity contribution in [2.45, 2.75) is 38.6 Å².